The molecule has 0 radical (unpaired) electrons. The van der Waals surface area contributed by atoms with Crippen molar-refractivity contribution < 1.29 is 19.1 Å². The van der Waals surface area contributed by atoms with Crippen molar-refractivity contribution in [3.8, 4) is 5.75 Å². The van der Waals surface area contributed by atoms with Gasteiger partial charge in [0.25, 0.3) is 0 Å². The van der Waals surface area contributed by atoms with Crippen LogP contribution in [0, 0.1) is 5.41 Å². The SMILES string of the molecule is CC(OC(=O)[C@H](COc1ccc(C(=N)N[C@H]2CCN(C)C2)cc1)ON)c1ccccc1. The van der Waals surface area contributed by atoms with E-state index in [1.807, 2.05) is 30.3 Å². The van der Waals surface area contributed by atoms with Crippen LogP contribution in [-0.2, 0) is 14.4 Å². The Morgan fingerprint density at radius 2 is 1.94 bits per heavy atom. The fourth-order valence-corrected chi connectivity index (χ4v) is 3.44. The number of nitrogens with two attached hydrogens (primary N) is 1. The number of benzene rings is 2. The van der Waals surface area contributed by atoms with Crippen molar-refractivity contribution in [2.24, 2.45) is 5.90 Å². The van der Waals surface area contributed by atoms with Crippen molar-refractivity contribution in [1.29, 1.82) is 5.41 Å². The summed E-state index contributed by atoms with van der Waals surface area (Å²) in [5, 5.41) is 11.5. The van der Waals surface area contributed by atoms with Gasteiger partial charge in [-0.1, -0.05) is 30.3 Å². The van der Waals surface area contributed by atoms with Gasteiger partial charge in [-0.3, -0.25) is 10.2 Å². The molecule has 1 aliphatic rings. The highest BCUT2D eigenvalue weighted by Gasteiger charge is 2.24. The highest BCUT2D eigenvalue weighted by Crippen LogP contribution is 2.18. The van der Waals surface area contributed by atoms with Gasteiger partial charge in [-0.25, -0.2) is 10.7 Å². The molecule has 0 spiro atoms. The van der Waals surface area contributed by atoms with Crippen molar-refractivity contribution in [3.63, 3.8) is 0 Å². The number of carbonyl (C=O) groups is 1. The maximum atomic E-state index is 12.4. The minimum atomic E-state index is -1.05. The predicted octanol–water partition coefficient (Wildman–Crippen LogP) is 2.25. The van der Waals surface area contributed by atoms with E-state index < -0.39 is 18.2 Å². The minimum absolute atomic E-state index is 0.0830. The third-order valence-corrected chi connectivity index (χ3v) is 5.27. The second-order valence-corrected chi connectivity index (χ2v) is 7.72. The first-order chi connectivity index (χ1) is 15.0. The fraction of sp³-hybridized carbons (Fsp3) is 0.391. The molecule has 4 N–H and O–H groups in total. The van der Waals surface area contributed by atoms with Crippen LogP contribution in [0.5, 0.6) is 5.75 Å². The van der Waals surface area contributed by atoms with Crippen LogP contribution in [0.25, 0.3) is 0 Å². The van der Waals surface area contributed by atoms with Crippen LogP contribution in [0.4, 0.5) is 0 Å². The van der Waals surface area contributed by atoms with Crippen LogP contribution in [0.1, 0.15) is 30.6 Å². The molecule has 1 aliphatic heterocycles. The number of carbonyl (C=O) groups excluding carboxylic acids is 1. The Morgan fingerprint density at radius 3 is 2.55 bits per heavy atom. The summed E-state index contributed by atoms with van der Waals surface area (Å²) in [6.45, 7) is 3.67. The number of nitrogens with one attached hydrogen (secondary N) is 2. The molecule has 8 heteroatoms. The lowest BCUT2D eigenvalue weighted by molar-refractivity contribution is -0.164. The zero-order chi connectivity index (χ0) is 22.2. The number of likely N-dealkylation sites (tertiary alicyclic amines) is 1. The van der Waals surface area contributed by atoms with Crippen LogP contribution >= 0.6 is 0 Å². The molecule has 0 bridgehead atoms. The summed E-state index contributed by atoms with van der Waals surface area (Å²) in [4.78, 5) is 19.4. The van der Waals surface area contributed by atoms with Gasteiger partial charge in [0.2, 0.25) is 6.10 Å². The zero-order valence-corrected chi connectivity index (χ0v) is 17.9. The Labute approximate surface area is 182 Å². The van der Waals surface area contributed by atoms with Crippen LogP contribution < -0.4 is 16.0 Å². The first-order valence-electron chi connectivity index (χ1n) is 10.3. The molecule has 0 saturated carbocycles. The Hall–Kier alpha value is -2.94. The molecule has 1 saturated heterocycles. The number of rotatable bonds is 9. The van der Waals surface area contributed by atoms with E-state index in [0.717, 1.165) is 30.6 Å². The number of hydrogen-bond acceptors (Lipinski definition) is 7. The highest BCUT2D eigenvalue weighted by atomic mass is 16.7. The molecule has 31 heavy (non-hydrogen) atoms. The number of esters is 1. The van der Waals surface area contributed by atoms with Crippen LogP contribution in [0.15, 0.2) is 54.6 Å². The molecular formula is C23H30N4O4. The number of hydrogen-bond donors (Lipinski definition) is 3. The van der Waals surface area contributed by atoms with Gasteiger partial charge < -0.3 is 19.7 Å². The summed E-state index contributed by atoms with van der Waals surface area (Å²) in [5.41, 5.74) is 1.65. The Morgan fingerprint density at radius 1 is 1.23 bits per heavy atom. The molecule has 1 fully saturated rings. The lowest BCUT2D eigenvalue weighted by Gasteiger charge is -2.19. The van der Waals surface area contributed by atoms with E-state index >= 15 is 0 Å². The molecule has 1 heterocycles. The van der Waals surface area contributed by atoms with E-state index in [2.05, 4.69) is 17.3 Å². The monoisotopic (exact) mass is 426 g/mol. The summed E-state index contributed by atoms with van der Waals surface area (Å²) < 4.78 is 11.1. The summed E-state index contributed by atoms with van der Waals surface area (Å²) in [7, 11) is 2.08. The van der Waals surface area contributed by atoms with Gasteiger partial charge in [0.15, 0.2) is 0 Å². The largest absolute Gasteiger partial charge is 0.490 e. The smallest absolute Gasteiger partial charge is 0.341 e. The summed E-state index contributed by atoms with van der Waals surface area (Å²) in [6.07, 6.45) is -0.450. The Bertz CT molecular complexity index is 860. The molecule has 8 nitrogen and oxygen atoms in total. The minimum Gasteiger partial charge on any atom is -0.490 e. The molecule has 3 atom stereocenters. The molecule has 0 aliphatic carbocycles. The molecule has 2 aromatic carbocycles. The summed E-state index contributed by atoms with van der Waals surface area (Å²) in [5.74, 6) is 5.62. The van der Waals surface area contributed by atoms with Gasteiger partial charge in [0, 0.05) is 18.2 Å². The standard InChI is InChI=1S/C23H30N4O4/c1-16(17-6-4-3-5-7-17)30-23(28)21(31-25)15-29-20-10-8-18(9-11-20)22(24)26-19-12-13-27(2)14-19/h3-11,16,19,21H,12-15,25H2,1-2H3,(H2,24,26)/t16?,19-,21-/m0/s1. The van der Waals surface area contributed by atoms with Crippen molar-refractivity contribution in [3.05, 3.63) is 65.7 Å². The quantitative estimate of drug-likeness (QED) is 0.244. The Balaban J connectivity index is 1.48. The summed E-state index contributed by atoms with van der Waals surface area (Å²) in [6, 6.07) is 16.8. The fourth-order valence-electron chi connectivity index (χ4n) is 3.44. The molecule has 0 aromatic heterocycles. The second kappa shape index (κ2) is 10.9. The van der Waals surface area contributed by atoms with Crippen molar-refractivity contribution >= 4 is 11.8 Å². The molecule has 3 rings (SSSR count). The van der Waals surface area contributed by atoms with E-state index in [1.165, 1.54) is 0 Å². The third-order valence-electron chi connectivity index (χ3n) is 5.27. The third kappa shape index (κ3) is 6.52. The molecule has 1 unspecified atom stereocenters. The van der Waals surface area contributed by atoms with Crippen LogP contribution in [0.2, 0.25) is 0 Å². The highest BCUT2D eigenvalue weighted by molar-refractivity contribution is 5.96. The van der Waals surface area contributed by atoms with Gasteiger partial charge in [-0.2, -0.15) is 0 Å². The van der Waals surface area contributed by atoms with Crippen LogP contribution in [-0.4, -0.2) is 55.6 Å². The van der Waals surface area contributed by atoms with Crippen LogP contribution in [0.3, 0.4) is 0 Å². The predicted molar refractivity (Wildman–Crippen MR) is 118 cm³/mol. The average molecular weight is 427 g/mol. The lowest BCUT2D eigenvalue weighted by Crippen LogP contribution is -2.36. The first kappa shape index (κ1) is 22.7. The topological polar surface area (TPSA) is 110 Å². The van der Waals surface area contributed by atoms with Gasteiger partial charge in [0.1, 0.15) is 24.3 Å². The maximum Gasteiger partial charge on any atom is 0.341 e. The van der Waals surface area contributed by atoms with E-state index in [0.29, 0.717) is 17.6 Å². The maximum absolute atomic E-state index is 12.4. The normalized spacial score (nSPS) is 18.2. The van der Waals surface area contributed by atoms with Gasteiger partial charge in [0.05, 0.1) is 0 Å². The van der Waals surface area contributed by atoms with Crippen molar-refractivity contribution in [2.75, 3.05) is 26.7 Å². The number of likely N-dealkylation sites (N-methyl/N-ethyl adjacent to an activating group) is 1. The van der Waals surface area contributed by atoms with Gasteiger partial charge in [-0.05, 0) is 56.8 Å². The lowest BCUT2D eigenvalue weighted by atomic mass is 10.1. The number of nitrogens with zero attached hydrogens (tertiary/aromatic N) is 1. The van der Waals surface area contributed by atoms with E-state index in [1.54, 1.807) is 31.2 Å². The first-order valence-corrected chi connectivity index (χ1v) is 10.3. The van der Waals surface area contributed by atoms with E-state index in [4.69, 9.17) is 25.6 Å². The summed E-state index contributed by atoms with van der Waals surface area (Å²) >= 11 is 0. The number of amidine groups is 1. The molecular weight excluding hydrogens is 396 g/mol. The Kier molecular flexibility index (Phi) is 8.00. The van der Waals surface area contributed by atoms with Crippen molar-refractivity contribution in [2.45, 2.75) is 31.6 Å². The van der Waals surface area contributed by atoms with E-state index in [9.17, 15) is 4.79 Å². The molecule has 0 amide bonds. The molecule has 2 aromatic rings. The number of ether oxygens (including phenoxy) is 2. The van der Waals surface area contributed by atoms with Gasteiger partial charge in [-0.15, -0.1) is 0 Å². The zero-order valence-electron chi connectivity index (χ0n) is 17.9. The van der Waals surface area contributed by atoms with Gasteiger partial charge >= 0.3 is 5.97 Å². The van der Waals surface area contributed by atoms with Crippen molar-refractivity contribution in [1.82, 2.24) is 10.2 Å². The second-order valence-electron chi connectivity index (χ2n) is 7.72. The molecule has 166 valence electrons. The van der Waals surface area contributed by atoms with E-state index in [-0.39, 0.29) is 6.61 Å². The average Bonchev–Trinajstić information content (AvgIpc) is 3.19.